The molecule has 2 amide bonds. The molecule has 1 aromatic rings. The molecule has 1 aromatic carbocycles. The molecule has 6 heteroatoms. The quantitative estimate of drug-likeness (QED) is 0.771. The first-order valence-electron chi connectivity index (χ1n) is 8.98. The Morgan fingerprint density at radius 1 is 1.19 bits per heavy atom. The third-order valence-electron chi connectivity index (χ3n) is 4.02. The Morgan fingerprint density at radius 2 is 1.85 bits per heavy atom. The zero-order valence-corrected chi connectivity index (χ0v) is 17.2. The third kappa shape index (κ3) is 6.33. The highest BCUT2D eigenvalue weighted by Gasteiger charge is 2.27. The lowest BCUT2D eigenvalue weighted by Crippen LogP contribution is -2.41. The molecule has 146 valence electrons. The van der Waals surface area contributed by atoms with E-state index in [1.165, 1.54) is 0 Å². The van der Waals surface area contributed by atoms with Gasteiger partial charge in [-0.25, -0.2) is 0 Å². The molecule has 0 aromatic heterocycles. The minimum Gasteiger partial charge on any atom is -0.383 e. The van der Waals surface area contributed by atoms with Gasteiger partial charge in [0.1, 0.15) is 0 Å². The highest BCUT2D eigenvalue weighted by atomic mass is 16.5. The Balaban J connectivity index is 3.19. The maximum Gasteiger partial charge on any atom is 0.228 e. The van der Waals surface area contributed by atoms with Crippen molar-refractivity contribution in [2.24, 2.45) is 5.41 Å². The molecule has 26 heavy (non-hydrogen) atoms. The fourth-order valence-corrected chi connectivity index (χ4v) is 2.61. The number of methoxy groups -OCH3 is 1. The molecule has 0 saturated carbocycles. The van der Waals surface area contributed by atoms with Gasteiger partial charge in [0.25, 0.3) is 0 Å². The van der Waals surface area contributed by atoms with Gasteiger partial charge in [0, 0.05) is 57.5 Å². The fraction of sp³-hybridized carbons (Fsp3) is 0.600. The van der Waals surface area contributed by atoms with Crippen molar-refractivity contribution < 1.29 is 14.3 Å². The van der Waals surface area contributed by atoms with Gasteiger partial charge in [0.2, 0.25) is 11.8 Å². The molecule has 1 N–H and O–H groups in total. The SMILES string of the molecule is CCC(=O)Nc1ccc(N(C)C)c(CN(CCOC)C(=O)C(C)(C)C)c1. The van der Waals surface area contributed by atoms with Crippen LogP contribution in [0.5, 0.6) is 0 Å². The summed E-state index contributed by atoms with van der Waals surface area (Å²) in [5.41, 5.74) is 2.27. The van der Waals surface area contributed by atoms with Crippen LogP contribution in [-0.4, -0.2) is 51.1 Å². The highest BCUT2D eigenvalue weighted by Crippen LogP contribution is 2.26. The fourth-order valence-electron chi connectivity index (χ4n) is 2.61. The Morgan fingerprint density at radius 3 is 2.35 bits per heavy atom. The van der Waals surface area contributed by atoms with Gasteiger partial charge in [-0.2, -0.15) is 0 Å². The van der Waals surface area contributed by atoms with Crippen molar-refractivity contribution in [3.8, 4) is 0 Å². The predicted molar refractivity (Wildman–Crippen MR) is 106 cm³/mol. The molecule has 0 fully saturated rings. The van der Waals surface area contributed by atoms with Crippen molar-refractivity contribution in [2.45, 2.75) is 40.7 Å². The molecule has 0 saturated heterocycles. The lowest BCUT2D eigenvalue weighted by molar-refractivity contribution is -0.140. The van der Waals surface area contributed by atoms with Crippen molar-refractivity contribution in [2.75, 3.05) is 44.6 Å². The van der Waals surface area contributed by atoms with Crippen LogP contribution in [0.2, 0.25) is 0 Å². The zero-order valence-electron chi connectivity index (χ0n) is 17.2. The van der Waals surface area contributed by atoms with Crippen molar-refractivity contribution in [1.82, 2.24) is 4.90 Å². The van der Waals surface area contributed by atoms with E-state index in [4.69, 9.17) is 4.74 Å². The molecule has 0 heterocycles. The average molecular weight is 364 g/mol. The van der Waals surface area contributed by atoms with Gasteiger partial charge in [0.15, 0.2) is 0 Å². The summed E-state index contributed by atoms with van der Waals surface area (Å²) in [7, 11) is 5.56. The molecule has 0 unspecified atom stereocenters. The molecule has 0 radical (unpaired) electrons. The van der Waals surface area contributed by atoms with E-state index in [9.17, 15) is 9.59 Å². The molecule has 0 spiro atoms. The van der Waals surface area contributed by atoms with Gasteiger partial charge in [-0.3, -0.25) is 9.59 Å². The Kier molecular flexibility index (Phi) is 8.08. The van der Waals surface area contributed by atoms with Crippen LogP contribution in [0.25, 0.3) is 0 Å². The number of amides is 2. The molecule has 0 aliphatic rings. The smallest absolute Gasteiger partial charge is 0.228 e. The summed E-state index contributed by atoms with van der Waals surface area (Å²) in [6.07, 6.45) is 0.424. The van der Waals surface area contributed by atoms with Crippen LogP contribution in [0.15, 0.2) is 18.2 Å². The van der Waals surface area contributed by atoms with E-state index in [0.29, 0.717) is 26.1 Å². The normalized spacial score (nSPS) is 11.2. The van der Waals surface area contributed by atoms with E-state index < -0.39 is 5.41 Å². The molecule has 6 nitrogen and oxygen atoms in total. The lowest BCUT2D eigenvalue weighted by atomic mass is 9.94. The minimum absolute atomic E-state index is 0.0319. The second-order valence-corrected chi connectivity index (χ2v) is 7.61. The van der Waals surface area contributed by atoms with Crippen molar-refractivity contribution in [3.63, 3.8) is 0 Å². The number of hydrogen-bond donors (Lipinski definition) is 1. The minimum atomic E-state index is -0.472. The molecule has 1 rings (SSSR count). The van der Waals surface area contributed by atoms with Gasteiger partial charge in [-0.1, -0.05) is 27.7 Å². The van der Waals surface area contributed by atoms with E-state index in [0.717, 1.165) is 16.9 Å². The maximum atomic E-state index is 12.9. The molecular formula is C20H33N3O3. The number of nitrogens with zero attached hydrogens (tertiary/aromatic N) is 2. The van der Waals surface area contributed by atoms with Crippen LogP contribution < -0.4 is 10.2 Å². The first-order chi connectivity index (χ1) is 12.1. The van der Waals surface area contributed by atoms with Crippen LogP contribution in [0.1, 0.15) is 39.7 Å². The number of rotatable bonds is 8. The monoisotopic (exact) mass is 363 g/mol. The molecule has 0 aliphatic carbocycles. The van der Waals surface area contributed by atoms with E-state index >= 15 is 0 Å². The Hall–Kier alpha value is -2.08. The van der Waals surface area contributed by atoms with Gasteiger partial charge in [-0.05, 0) is 23.8 Å². The number of ether oxygens (including phenoxy) is 1. The van der Waals surface area contributed by atoms with E-state index in [1.54, 1.807) is 7.11 Å². The summed E-state index contributed by atoms with van der Waals surface area (Å²) in [5.74, 6) is 0.0396. The summed E-state index contributed by atoms with van der Waals surface area (Å²) < 4.78 is 5.18. The topological polar surface area (TPSA) is 61.9 Å². The predicted octanol–water partition coefficient (Wildman–Crippen LogP) is 3.12. The van der Waals surface area contributed by atoms with Crippen LogP contribution in [-0.2, 0) is 20.9 Å². The number of benzene rings is 1. The highest BCUT2D eigenvalue weighted by molar-refractivity contribution is 5.91. The van der Waals surface area contributed by atoms with Crippen LogP contribution in [0, 0.1) is 5.41 Å². The van der Waals surface area contributed by atoms with Gasteiger partial charge in [-0.15, -0.1) is 0 Å². The summed E-state index contributed by atoms with van der Waals surface area (Å²) in [5, 5.41) is 2.89. The number of hydrogen-bond acceptors (Lipinski definition) is 4. The summed E-state index contributed by atoms with van der Waals surface area (Å²) in [6, 6.07) is 5.80. The zero-order chi connectivity index (χ0) is 19.9. The molecule has 0 atom stereocenters. The number of carbonyl (C=O) groups excluding carboxylic acids is 2. The van der Waals surface area contributed by atoms with Crippen LogP contribution in [0.3, 0.4) is 0 Å². The summed E-state index contributed by atoms with van der Waals surface area (Å²) in [6.45, 7) is 9.03. The number of anilines is 2. The number of carbonyl (C=O) groups is 2. The first kappa shape index (κ1) is 22.0. The third-order valence-corrected chi connectivity index (χ3v) is 4.02. The van der Waals surface area contributed by atoms with Gasteiger partial charge >= 0.3 is 0 Å². The van der Waals surface area contributed by atoms with E-state index in [1.807, 2.05) is 69.8 Å². The lowest BCUT2D eigenvalue weighted by Gasteiger charge is -2.31. The first-order valence-corrected chi connectivity index (χ1v) is 8.98. The Bertz CT molecular complexity index is 621. The molecule has 0 bridgehead atoms. The summed E-state index contributed by atoms with van der Waals surface area (Å²) in [4.78, 5) is 28.4. The largest absolute Gasteiger partial charge is 0.383 e. The standard InChI is InChI=1S/C20H33N3O3/c1-8-18(24)21-16-9-10-17(22(5)6)15(13-16)14-23(11-12-26-7)19(25)20(2,3)4/h9-10,13H,8,11-12,14H2,1-7H3,(H,21,24). The number of nitrogens with one attached hydrogen (secondary N) is 1. The molecular weight excluding hydrogens is 330 g/mol. The second-order valence-electron chi connectivity index (χ2n) is 7.61. The van der Waals surface area contributed by atoms with Gasteiger partial charge in [0.05, 0.1) is 6.61 Å². The maximum absolute atomic E-state index is 12.9. The van der Waals surface area contributed by atoms with Crippen molar-refractivity contribution in [3.05, 3.63) is 23.8 Å². The van der Waals surface area contributed by atoms with Crippen LogP contribution in [0.4, 0.5) is 11.4 Å². The van der Waals surface area contributed by atoms with Crippen LogP contribution >= 0.6 is 0 Å². The van der Waals surface area contributed by atoms with Crippen molar-refractivity contribution >= 4 is 23.2 Å². The van der Waals surface area contributed by atoms with Gasteiger partial charge < -0.3 is 19.9 Å². The Labute approximate surface area is 157 Å². The van der Waals surface area contributed by atoms with E-state index in [-0.39, 0.29) is 11.8 Å². The van der Waals surface area contributed by atoms with E-state index in [2.05, 4.69) is 5.32 Å². The van der Waals surface area contributed by atoms with Crippen molar-refractivity contribution in [1.29, 1.82) is 0 Å². The molecule has 0 aliphatic heterocycles. The second kappa shape index (κ2) is 9.57. The average Bonchev–Trinajstić information content (AvgIpc) is 2.56. The summed E-state index contributed by atoms with van der Waals surface area (Å²) >= 11 is 0.